The van der Waals surface area contributed by atoms with Crippen LogP contribution in [-0.4, -0.2) is 30.8 Å². The van der Waals surface area contributed by atoms with Gasteiger partial charge in [0.05, 0.1) is 6.10 Å². The number of carbonyl (C=O) groups is 1. The molecule has 0 bridgehead atoms. The first kappa shape index (κ1) is 19.9. The topological polar surface area (TPSA) is 73.6 Å². The van der Waals surface area contributed by atoms with Crippen LogP contribution in [0, 0.1) is 5.41 Å². The number of rotatable bonds is 7. The highest BCUT2D eigenvalue weighted by Gasteiger charge is 2.62. The summed E-state index contributed by atoms with van der Waals surface area (Å²) in [6.45, 7) is 3.20. The number of carbonyl (C=O) groups excluding carboxylic acids is 1. The van der Waals surface area contributed by atoms with Crippen LogP contribution in [0.2, 0.25) is 5.02 Å². The summed E-state index contributed by atoms with van der Waals surface area (Å²) in [6, 6.07) is 4.25. The maximum absolute atomic E-state index is 12.6. The summed E-state index contributed by atoms with van der Waals surface area (Å²) < 4.78 is 35.0. The van der Waals surface area contributed by atoms with Crippen LogP contribution in [-0.2, 0) is 16.1 Å². The monoisotopic (exact) mass is 376 g/mol. The molecule has 25 heavy (non-hydrogen) atoms. The van der Waals surface area contributed by atoms with E-state index in [0.29, 0.717) is 23.6 Å². The molecule has 1 fully saturated rings. The highest BCUT2D eigenvalue weighted by molar-refractivity contribution is 6.30. The molecule has 2 unspecified atom stereocenters. The molecule has 2 rings (SSSR count). The second kappa shape index (κ2) is 7.43. The van der Waals surface area contributed by atoms with Gasteiger partial charge < -0.3 is 20.5 Å². The first-order valence-corrected chi connectivity index (χ1v) is 8.41. The average Bonchev–Trinajstić information content (AvgIpc) is 2.53. The number of nitrogens with two attached hydrogens (primary N) is 1. The van der Waals surface area contributed by atoms with Gasteiger partial charge in [-0.15, -0.1) is 0 Å². The predicted octanol–water partition coefficient (Wildman–Crippen LogP) is 3.09. The highest BCUT2D eigenvalue weighted by Crippen LogP contribution is 2.49. The van der Waals surface area contributed by atoms with E-state index in [1.807, 2.05) is 20.8 Å². The molecule has 1 aromatic carbocycles. The molecule has 0 spiro atoms. The Morgan fingerprint density at radius 1 is 1.48 bits per heavy atom. The third-order valence-corrected chi connectivity index (χ3v) is 5.15. The summed E-state index contributed by atoms with van der Waals surface area (Å²) in [5.41, 5.74) is 5.01. The van der Waals surface area contributed by atoms with E-state index in [1.54, 1.807) is 0 Å². The smallest absolute Gasteiger partial charge is 0.387 e. The molecule has 140 valence electrons. The van der Waals surface area contributed by atoms with E-state index in [9.17, 15) is 13.6 Å². The normalized spacial score (nSPS) is 24.7. The van der Waals surface area contributed by atoms with E-state index >= 15 is 0 Å². The first-order chi connectivity index (χ1) is 11.6. The number of benzene rings is 1. The van der Waals surface area contributed by atoms with Gasteiger partial charge >= 0.3 is 6.61 Å². The van der Waals surface area contributed by atoms with Crippen molar-refractivity contribution in [3.8, 4) is 5.75 Å². The van der Waals surface area contributed by atoms with Gasteiger partial charge in [0, 0.05) is 35.6 Å². The van der Waals surface area contributed by atoms with Gasteiger partial charge in [-0.05, 0) is 25.1 Å². The van der Waals surface area contributed by atoms with E-state index in [-0.39, 0.29) is 24.3 Å². The fraction of sp³-hybridized carbons (Fsp3) is 0.588. The van der Waals surface area contributed by atoms with E-state index in [0.717, 1.165) is 0 Å². The van der Waals surface area contributed by atoms with Crippen LogP contribution in [0.25, 0.3) is 0 Å². The molecule has 1 aromatic rings. The molecule has 3 N–H and O–H groups in total. The fourth-order valence-corrected chi connectivity index (χ4v) is 3.25. The number of alkyl halides is 2. The summed E-state index contributed by atoms with van der Waals surface area (Å²) in [4.78, 5) is 12.6. The lowest BCUT2D eigenvalue weighted by Gasteiger charge is -2.57. The molecule has 0 heterocycles. The lowest BCUT2D eigenvalue weighted by atomic mass is 9.54. The zero-order chi connectivity index (χ0) is 18.8. The second-order valence-corrected chi connectivity index (χ2v) is 7.09. The Morgan fingerprint density at radius 2 is 2.16 bits per heavy atom. The minimum Gasteiger partial charge on any atom is -0.434 e. The van der Waals surface area contributed by atoms with Crippen molar-refractivity contribution in [1.82, 2.24) is 5.32 Å². The van der Waals surface area contributed by atoms with Crippen molar-refractivity contribution in [3.63, 3.8) is 0 Å². The van der Waals surface area contributed by atoms with Crippen LogP contribution in [0.3, 0.4) is 0 Å². The standard InChI is InChI=1S/C17H23ClF2N2O3/c1-4-24-13-8-17(21,16(13,2)3)14(23)22-9-10-7-11(18)5-6-12(10)25-15(19)20/h5-7,13,15H,4,8-9,21H2,1-3H3,(H,22,23). The predicted molar refractivity (Wildman–Crippen MR) is 90.7 cm³/mol. The van der Waals surface area contributed by atoms with Gasteiger partial charge in [-0.3, -0.25) is 4.79 Å². The van der Waals surface area contributed by atoms with Crippen LogP contribution in [0.15, 0.2) is 18.2 Å². The molecular formula is C17H23ClF2N2O3. The van der Waals surface area contributed by atoms with E-state index in [1.165, 1.54) is 18.2 Å². The molecular weight excluding hydrogens is 354 g/mol. The summed E-state index contributed by atoms with van der Waals surface area (Å²) in [6.07, 6.45) is 0.299. The molecule has 1 saturated carbocycles. The minimum atomic E-state index is -2.96. The Balaban J connectivity index is 2.07. The minimum absolute atomic E-state index is 0.0181. The van der Waals surface area contributed by atoms with Crippen LogP contribution in [0.4, 0.5) is 8.78 Å². The largest absolute Gasteiger partial charge is 0.434 e. The number of halogens is 3. The Bertz CT molecular complexity index is 642. The molecule has 8 heteroatoms. The number of ether oxygens (including phenoxy) is 2. The quantitative estimate of drug-likeness (QED) is 0.767. The number of hydrogen-bond acceptors (Lipinski definition) is 4. The number of nitrogens with one attached hydrogen (secondary N) is 1. The molecule has 0 aromatic heterocycles. The van der Waals surface area contributed by atoms with Crippen molar-refractivity contribution >= 4 is 17.5 Å². The van der Waals surface area contributed by atoms with Gasteiger partial charge in [0.25, 0.3) is 0 Å². The molecule has 0 saturated heterocycles. The Hall–Kier alpha value is -1.44. The molecule has 0 radical (unpaired) electrons. The van der Waals surface area contributed by atoms with Crippen molar-refractivity contribution in [2.24, 2.45) is 11.1 Å². The van der Waals surface area contributed by atoms with E-state index in [2.05, 4.69) is 10.1 Å². The van der Waals surface area contributed by atoms with Crippen molar-refractivity contribution in [2.75, 3.05) is 6.61 Å². The zero-order valence-electron chi connectivity index (χ0n) is 14.4. The van der Waals surface area contributed by atoms with Gasteiger partial charge in [-0.25, -0.2) is 0 Å². The number of amides is 1. The van der Waals surface area contributed by atoms with Gasteiger partial charge in [0.1, 0.15) is 11.3 Å². The Labute approximate surface area is 150 Å². The van der Waals surface area contributed by atoms with Crippen molar-refractivity contribution in [1.29, 1.82) is 0 Å². The van der Waals surface area contributed by atoms with Gasteiger partial charge in [0.15, 0.2) is 0 Å². The Morgan fingerprint density at radius 3 is 2.72 bits per heavy atom. The van der Waals surface area contributed by atoms with Crippen molar-refractivity contribution < 1.29 is 23.0 Å². The maximum atomic E-state index is 12.6. The maximum Gasteiger partial charge on any atom is 0.387 e. The van der Waals surface area contributed by atoms with E-state index in [4.69, 9.17) is 22.1 Å². The van der Waals surface area contributed by atoms with E-state index < -0.39 is 17.6 Å². The summed E-state index contributed by atoms with van der Waals surface area (Å²) in [5, 5.41) is 3.05. The SMILES string of the molecule is CCOC1CC(N)(C(=O)NCc2cc(Cl)ccc2OC(F)F)C1(C)C. The summed E-state index contributed by atoms with van der Waals surface area (Å²) in [7, 11) is 0. The summed E-state index contributed by atoms with van der Waals surface area (Å²) in [5.74, 6) is -0.401. The second-order valence-electron chi connectivity index (χ2n) is 6.65. The van der Waals surface area contributed by atoms with Crippen LogP contribution in [0.5, 0.6) is 5.75 Å². The van der Waals surface area contributed by atoms with Crippen molar-refractivity contribution in [2.45, 2.75) is 52.0 Å². The van der Waals surface area contributed by atoms with Gasteiger partial charge in [-0.2, -0.15) is 8.78 Å². The number of hydrogen-bond donors (Lipinski definition) is 2. The molecule has 0 aliphatic heterocycles. The van der Waals surface area contributed by atoms with Crippen molar-refractivity contribution in [3.05, 3.63) is 28.8 Å². The molecule has 1 aliphatic rings. The lowest BCUT2D eigenvalue weighted by molar-refractivity contribution is -0.170. The third kappa shape index (κ3) is 3.88. The molecule has 1 amide bonds. The lowest BCUT2D eigenvalue weighted by Crippen LogP contribution is -2.75. The molecule has 2 atom stereocenters. The Kier molecular flexibility index (Phi) is 5.91. The first-order valence-electron chi connectivity index (χ1n) is 8.04. The fourth-order valence-electron chi connectivity index (χ4n) is 3.05. The average molecular weight is 377 g/mol. The van der Waals surface area contributed by atoms with Gasteiger partial charge in [0.2, 0.25) is 5.91 Å². The third-order valence-electron chi connectivity index (χ3n) is 4.91. The summed E-state index contributed by atoms with van der Waals surface area (Å²) >= 11 is 5.90. The molecule has 5 nitrogen and oxygen atoms in total. The van der Waals surface area contributed by atoms with Crippen LogP contribution < -0.4 is 15.8 Å². The highest BCUT2D eigenvalue weighted by atomic mass is 35.5. The van der Waals surface area contributed by atoms with Crippen LogP contribution >= 0.6 is 11.6 Å². The molecule has 1 aliphatic carbocycles. The zero-order valence-corrected chi connectivity index (χ0v) is 15.2. The van der Waals surface area contributed by atoms with Crippen LogP contribution in [0.1, 0.15) is 32.8 Å². The van der Waals surface area contributed by atoms with Gasteiger partial charge in [-0.1, -0.05) is 25.4 Å².